The molecule has 1 heterocycles. The molecular weight excluding hydrogens is 376 g/mol. The van der Waals surface area contributed by atoms with Crippen molar-refractivity contribution >= 4 is 11.9 Å². The quantitative estimate of drug-likeness (QED) is 0.536. The largest absolute Gasteiger partial charge is 0.357 e. The minimum absolute atomic E-state index is 0.0221. The standard InChI is InChI=1S/C21H31F2N5O/c1-3-24-21(25-13-15(2)16-4-7-18(22)19(23)12-16)28-10-8-27(9-11-28)14-20(29)26-17-5-6-17/h4,7,12,15,17H,3,5-6,8-11,13-14H2,1-2H3,(H,24,25)(H,26,29). The minimum atomic E-state index is -0.832. The monoisotopic (exact) mass is 407 g/mol. The van der Waals surface area contributed by atoms with E-state index in [1.54, 1.807) is 6.07 Å². The maximum absolute atomic E-state index is 13.5. The van der Waals surface area contributed by atoms with E-state index < -0.39 is 11.6 Å². The molecular formula is C21H31F2N5O. The molecule has 1 aromatic rings. The van der Waals surface area contributed by atoms with Gasteiger partial charge in [0.05, 0.1) is 6.54 Å². The Hall–Kier alpha value is -2.22. The van der Waals surface area contributed by atoms with Crippen LogP contribution in [0.15, 0.2) is 23.2 Å². The molecule has 29 heavy (non-hydrogen) atoms. The summed E-state index contributed by atoms with van der Waals surface area (Å²) in [4.78, 5) is 21.1. The first-order valence-corrected chi connectivity index (χ1v) is 10.5. The van der Waals surface area contributed by atoms with Gasteiger partial charge in [0.15, 0.2) is 17.6 Å². The summed E-state index contributed by atoms with van der Waals surface area (Å²) in [5.74, 6) is -0.745. The first-order valence-electron chi connectivity index (χ1n) is 10.5. The minimum Gasteiger partial charge on any atom is -0.357 e. The highest BCUT2D eigenvalue weighted by atomic mass is 19.2. The second kappa shape index (κ2) is 10.0. The van der Waals surface area contributed by atoms with Crippen LogP contribution in [0, 0.1) is 11.6 Å². The van der Waals surface area contributed by atoms with Gasteiger partial charge >= 0.3 is 0 Å². The van der Waals surface area contributed by atoms with Gasteiger partial charge in [0, 0.05) is 51.2 Å². The highest BCUT2D eigenvalue weighted by molar-refractivity contribution is 5.80. The van der Waals surface area contributed by atoms with Gasteiger partial charge in [-0.25, -0.2) is 8.78 Å². The predicted molar refractivity (Wildman–Crippen MR) is 110 cm³/mol. The number of rotatable bonds is 7. The molecule has 1 aliphatic carbocycles. The summed E-state index contributed by atoms with van der Waals surface area (Å²) in [6.45, 7) is 8.86. The molecule has 2 fully saturated rings. The molecule has 2 aliphatic rings. The van der Waals surface area contributed by atoms with E-state index in [0.717, 1.165) is 63.2 Å². The Balaban J connectivity index is 1.52. The third kappa shape index (κ3) is 6.39. The van der Waals surface area contributed by atoms with Crippen molar-refractivity contribution in [2.75, 3.05) is 45.8 Å². The Bertz CT molecular complexity index is 730. The van der Waals surface area contributed by atoms with Crippen LogP contribution in [0.3, 0.4) is 0 Å². The van der Waals surface area contributed by atoms with Crippen molar-refractivity contribution < 1.29 is 13.6 Å². The molecule has 0 bridgehead atoms. The van der Waals surface area contributed by atoms with Gasteiger partial charge in [0.1, 0.15) is 0 Å². The maximum Gasteiger partial charge on any atom is 0.234 e. The van der Waals surface area contributed by atoms with Crippen molar-refractivity contribution in [3.8, 4) is 0 Å². The lowest BCUT2D eigenvalue weighted by Gasteiger charge is -2.36. The van der Waals surface area contributed by atoms with Gasteiger partial charge in [0.2, 0.25) is 5.91 Å². The van der Waals surface area contributed by atoms with Crippen molar-refractivity contribution in [2.24, 2.45) is 4.99 Å². The zero-order chi connectivity index (χ0) is 20.8. The fourth-order valence-electron chi connectivity index (χ4n) is 3.40. The van der Waals surface area contributed by atoms with E-state index in [1.165, 1.54) is 6.07 Å². The first kappa shape index (κ1) is 21.5. The Morgan fingerprint density at radius 2 is 1.93 bits per heavy atom. The Labute approximate surface area is 171 Å². The lowest BCUT2D eigenvalue weighted by Crippen LogP contribution is -2.54. The molecule has 0 aromatic heterocycles. The molecule has 1 atom stereocenters. The zero-order valence-corrected chi connectivity index (χ0v) is 17.3. The normalized spacial score (nSPS) is 19.2. The van der Waals surface area contributed by atoms with Crippen molar-refractivity contribution in [1.29, 1.82) is 0 Å². The fraction of sp³-hybridized carbons (Fsp3) is 0.619. The second-order valence-corrected chi connectivity index (χ2v) is 7.87. The number of hydrogen-bond donors (Lipinski definition) is 2. The van der Waals surface area contributed by atoms with Crippen LogP contribution in [-0.2, 0) is 4.79 Å². The maximum atomic E-state index is 13.5. The molecule has 1 aromatic carbocycles. The van der Waals surface area contributed by atoms with Crippen LogP contribution in [0.25, 0.3) is 0 Å². The van der Waals surface area contributed by atoms with Crippen molar-refractivity contribution in [3.05, 3.63) is 35.4 Å². The third-order valence-corrected chi connectivity index (χ3v) is 5.34. The summed E-state index contributed by atoms with van der Waals surface area (Å²) in [5.41, 5.74) is 0.731. The van der Waals surface area contributed by atoms with Crippen LogP contribution in [-0.4, -0.2) is 73.5 Å². The molecule has 1 saturated carbocycles. The van der Waals surface area contributed by atoms with Crippen molar-refractivity contribution in [2.45, 2.75) is 38.6 Å². The van der Waals surface area contributed by atoms with Gasteiger partial charge in [-0.1, -0.05) is 13.0 Å². The number of nitrogens with zero attached hydrogens (tertiary/aromatic N) is 3. The Morgan fingerprint density at radius 1 is 1.21 bits per heavy atom. The van der Waals surface area contributed by atoms with Gasteiger partial charge in [-0.3, -0.25) is 14.7 Å². The van der Waals surface area contributed by atoms with Gasteiger partial charge < -0.3 is 15.5 Å². The van der Waals surface area contributed by atoms with Gasteiger partial charge in [-0.05, 0) is 37.5 Å². The molecule has 8 heteroatoms. The van der Waals surface area contributed by atoms with E-state index in [1.807, 2.05) is 13.8 Å². The number of benzene rings is 1. The molecule has 0 radical (unpaired) electrons. The van der Waals surface area contributed by atoms with E-state index in [2.05, 4.69) is 20.4 Å². The van der Waals surface area contributed by atoms with E-state index in [9.17, 15) is 13.6 Å². The molecule has 3 rings (SSSR count). The molecule has 1 amide bonds. The van der Waals surface area contributed by atoms with Gasteiger partial charge in [0.25, 0.3) is 0 Å². The Morgan fingerprint density at radius 3 is 2.55 bits per heavy atom. The number of aliphatic imine (C=N–C) groups is 1. The van der Waals surface area contributed by atoms with E-state index in [0.29, 0.717) is 19.1 Å². The lowest BCUT2D eigenvalue weighted by atomic mass is 10.0. The second-order valence-electron chi connectivity index (χ2n) is 7.87. The van der Waals surface area contributed by atoms with E-state index >= 15 is 0 Å². The summed E-state index contributed by atoms with van der Waals surface area (Å²) in [7, 11) is 0. The van der Waals surface area contributed by atoms with Gasteiger partial charge in [-0.2, -0.15) is 0 Å². The molecule has 1 aliphatic heterocycles. The van der Waals surface area contributed by atoms with E-state index in [-0.39, 0.29) is 11.8 Å². The average Bonchev–Trinajstić information content (AvgIpc) is 3.51. The number of halogens is 2. The van der Waals surface area contributed by atoms with Crippen LogP contribution in [0.1, 0.15) is 38.2 Å². The van der Waals surface area contributed by atoms with Crippen LogP contribution < -0.4 is 10.6 Å². The first-order chi connectivity index (χ1) is 14.0. The number of amides is 1. The fourth-order valence-corrected chi connectivity index (χ4v) is 3.40. The zero-order valence-electron chi connectivity index (χ0n) is 17.3. The van der Waals surface area contributed by atoms with Crippen LogP contribution in [0.5, 0.6) is 0 Å². The lowest BCUT2D eigenvalue weighted by molar-refractivity contribution is -0.122. The number of guanidine groups is 1. The molecule has 160 valence electrons. The van der Waals surface area contributed by atoms with Gasteiger partial charge in [-0.15, -0.1) is 0 Å². The highest BCUT2D eigenvalue weighted by Crippen LogP contribution is 2.19. The SMILES string of the molecule is CCNC(=NCC(C)c1ccc(F)c(F)c1)N1CCN(CC(=O)NC2CC2)CC1. The summed E-state index contributed by atoms with van der Waals surface area (Å²) < 4.78 is 26.6. The van der Waals surface area contributed by atoms with Crippen molar-refractivity contribution in [3.63, 3.8) is 0 Å². The number of carbonyl (C=O) groups is 1. The number of nitrogens with one attached hydrogen (secondary N) is 2. The topological polar surface area (TPSA) is 60.0 Å². The smallest absolute Gasteiger partial charge is 0.234 e. The van der Waals surface area contributed by atoms with Crippen LogP contribution in [0.4, 0.5) is 8.78 Å². The third-order valence-electron chi connectivity index (χ3n) is 5.34. The van der Waals surface area contributed by atoms with Crippen LogP contribution in [0.2, 0.25) is 0 Å². The summed E-state index contributed by atoms with van der Waals surface area (Å²) in [6, 6.07) is 4.41. The molecule has 0 spiro atoms. The summed E-state index contributed by atoms with van der Waals surface area (Å²) >= 11 is 0. The molecule has 2 N–H and O–H groups in total. The molecule has 1 unspecified atom stereocenters. The predicted octanol–water partition coefficient (Wildman–Crippen LogP) is 1.93. The average molecular weight is 408 g/mol. The molecule has 1 saturated heterocycles. The Kier molecular flexibility index (Phi) is 7.41. The number of hydrogen-bond acceptors (Lipinski definition) is 3. The number of carbonyl (C=O) groups excluding carboxylic acids is 1. The van der Waals surface area contributed by atoms with Crippen LogP contribution >= 0.6 is 0 Å². The molecule has 6 nitrogen and oxygen atoms in total. The summed E-state index contributed by atoms with van der Waals surface area (Å²) in [6.07, 6.45) is 2.20. The van der Waals surface area contributed by atoms with E-state index in [4.69, 9.17) is 4.99 Å². The number of piperazine rings is 1. The highest BCUT2D eigenvalue weighted by Gasteiger charge is 2.26. The summed E-state index contributed by atoms with van der Waals surface area (Å²) in [5, 5.41) is 6.34. The van der Waals surface area contributed by atoms with Crippen molar-refractivity contribution in [1.82, 2.24) is 20.4 Å².